The Labute approximate surface area is 98.2 Å². The van der Waals surface area contributed by atoms with Crippen molar-refractivity contribution in [2.24, 2.45) is 0 Å². The van der Waals surface area contributed by atoms with Crippen molar-refractivity contribution in [3.8, 4) is 0 Å². The van der Waals surface area contributed by atoms with E-state index in [1.807, 2.05) is 13.1 Å². The zero-order valence-corrected chi connectivity index (χ0v) is 10.2. The van der Waals surface area contributed by atoms with Gasteiger partial charge in [0.15, 0.2) is 0 Å². The summed E-state index contributed by atoms with van der Waals surface area (Å²) in [6.07, 6.45) is 3.20. The first-order valence-electron chi connectivity index (χ1n) is 5.70. The Balaban J connectivity index is 2.48. The van der Waals surface area contributed by atoms with Gasteiger partial charge in [0.25, 0.3) is 0 Å². The van der Waals surface area contributed by atoms with E-state index in [4.69, 9.17) is 0 Å². The molecule has 2 nitrogen and oxygen atoms in total. The van der Waals surface area contributed by atoms with Gasteiger partial charge in [0.2, 0.25) is 0 Å². The molecule has 1 atom stereocenters. The average molecular weight is 219 g/mol. The maximum Gasteiger partial charge on any atom is 0.0717 e. The smallest absolute Gasteiger partial charge is 0.0717 e. The number of benzene rings is 1. The molecular formula is C14H21NO. The summed E-state index contributed by atoms with van der Waals surface area (Å²) >= 11 is 0. The molecule has 2 heteroatoms. The fourth-order valence-electron chi connectivity index (χ4n) is 1.62. The van der Waals surface area contributed by atoms with Crippen molar-refractivity contribution in [2.45, 2.75) is 25.9 Å². The largest absolute Gasteiger partial charge is 0.391 e. The van der Waals surface area contributed by atoms with Crippen LogP contribution in [0.4, 0.5) is 5.69 Å². The van der Waals surface area contributed by atoms with Crippen molar-refractivity contribution in [3.05, 3.63) is 42.5 Å². The number of aryl methyl sites for hydroxylation is 1. The second kappa shape index (κ2) is 6.33. The molecule has 88 valence electrons. The molecular weight excluding hydrogens is 198 g/mol. The number of allylic oxidation sites excluding steroid dienone is 1. The fourth-order valence-corrected chi connectivity index (χ4v) is 1.62. The number of anilines is 1. The van der Waals surface area contributed by atoms with Crippen LogP contribution in [0.3, 0.4) is 0 Å². The van der Waals surface area contributed by atoms with E-state index < -0.39 is 0 Å². The van der Waals surface area contributed by atoms with Crippen LogP contribution in [0.25, 0.3) is 0 Å². The monoisotopic (exact) mass is 219 g/mol. The van der Waals surface area contributed by atoms with E-state index in [1.54, 1.807) is 0 Å². The summed E-state index contributed by atoms with van der Waals surface area (Å²) in [5.41, 5.74) is 2.40. The van der Waals surface area contributed by atoms with Gasteiger partial charge < -0.3 is 10.0 Å². The first kappa shape index (κ1) is 12.8. The molecule has 1 unspecified atom stereocenters. The summed E-state index contributed by atoms with van der Waals surface area (Å²) in [5.74, 6) is 0. The predicted octanol–water partition coefficient (Wildman–Crippen LogP) is 2.76. The van der Waals surface area contributed by atoms with Crippen molar-refractivity contribution in [1.82, 2.24) is 0 Å². The second-order valence-corrected chi connectivity index (χ2v) is 4.24. The number of hydrogen-bond acceptors (Lipinski definition) is 2. The van der Waals surface area contributed by atoms with Crippen molar-refractivity contribution < 1.29 is 5.11 Å². The molecule has 1 N–H and O–H groups in total. The molecule has 0 aliphatic heterocycles. The maximum atomic E-state index is 9.78. The van der Waals surface area contributed by atoms with Gasteiger partial charge in [-0.1, -0.05) is 23.8 Å². The third kappa shape index (κ3) is 4.07. The third-order valence-corrected chi connectivity index (χ3v) is 2.66. The van der Waals surface area contributed by atoms with Gasteiger partial charge in [-0.25, -0.2) is 0 Å². The van der Waals surface area contributed by atoms with Gasteiger partial charge >= 0.3 is 0 Å². The van der Waals surface area contributed by atoms with Gasteiger partial charge in [-0.3, -0.25) is 0 Å². The van der Waals surface area contributed by atoms with Gasteiger partial charge in [0.1, 0.15) is 0 Å². The molecule has 0 aliphatic rings. The zero-order valence-electron chi connectivity index (χ0n) is 10.2. The number of likely N-dealkylation sites (N-methyl/N-ethyl adjacent to an activating group) is 1. The standard InChI is InChI=1S/C14H21NO/c1-4-5-6-14(16)11-15(3)13-9-7-12(2)8-10-13/h4,7-10,14,16H,1,5-6,11H2,2-3H3. The summed E-state index contributed by atoms with van der Waals surface area (Å²) in [6, 6.07) is 8.33. The Morgan fingerprint density at radius 2 is 2.00 bits per heavy atom. The quantitative estimate of drug-likeness (QED) is 0.744. The van der Waals surface area contributed by atoms with E-state index >= 15 is 0 Å². The fraction of sp³-hybridized carbons (Fsp3) is 0.429. The summed E-state index contributed by atoms with van der Waals surface area (Å²) in [7, 11) is 2.00. The number of nitrogens with zero attached hydrogens (tertiary/aromatic N) is 1. The van der Waals surface area contributed by atoms with Gasteiger partial charge in [0.05, 0.1) is 6.10 Å². The van der Waals surface area contributed by atoms with E-state index in [1.165, 1.54) is 5.56 Å². The van der Waals surface area contributed by atoms with Crippen LogP contribution in [-0.4, -0.2) is 24.8 Å². The van der Waals surface area contributed by atoms with Crippen LogP contribution in [0, 0.1) is 6.92 Å². The molecule has 0 saturated carbocycles. The molecule has 0 amide bonds. The highest BCUT2D eigenvalue weighted by molar-refractivity contribution is 5.46. The van der Waals surface area contributed by atoms with Gasteiger partial charge in [-0.15, -0.1) is 6.58 Å². The topological polar surface area (TPSA) is 23.5 Å². The lowest BCUT2D eigenvalue weighted by molar-refractivity contribution is 0.172. The SMILES string of the molecule is C=CCCC(O)CN(C)c1ccc(C)cc1. The summed E-state index contributed by atoms with van der Waals surface area (Å²) in [6.45, 7) is 6.39. The van der Waals surface area contributed by atoms with Crippen LogP contribution in [0.1, 0.15) is 18.4 Å². The minimum atomic E-state index is -0.288. The van der Waals surface area contributed by atoms with Crippen LogP contribution in [0.5, 0.6) is 0 Å². The lowest BCUT2D eigenvalue weighted by atomic mass is 10.1. The van der Waals surface area contributed by atoms with Crippen molar-refractivity contribution in [1.29, 1.82) is 0 Å². The van der Waals surface area contributed by atoms with Crippen LogP contribution < -0.4 is 4.90 Å². The molecule has 0 spiro atoms. The normalized spacial score (nSPS) is 12.2. The van der Waals surface area contributed by atoms with Crippen molar-refractivity contribution in [3.63, 3.8) is 0 Å². The zero-order chi connectivity index (χ0) is 12.0. The number of hydrogen-bond donors (Lipinski definition) is 1. The molecule has 0 bridgehead atoms. The minimum absolute atomic E-state index is 0.288. The molecule has 0 saturated heterocycles. The van der Waals surface area contributed by atoms with E-state index in [0.29, 0.717) is 6.54 Å². The Bertz CT molecular complexity index is 318. The molecule has 1 aromatic rings. The summed E-state index contributed by atoms with van der Waals surface area (Å²) in [5, 5.41) is 9.78. The number of aliphatic hydroxyl groups excluding tert-OH is 1. The molecule has 0 radical (unpaired) electrons. The number of rotatable bonds is 6. The van der Waals surface area contributed by atoms with Crippen LogP contribution >= 0.6 is 0 Å². The number of aliphatic hydroxyl groups is 1. The molecule has 0 aromatic heterocycles. The lowest BCUT2D eigenvalue weighted by Crippen LogP contribution is -2.28. The Morgan fingerprint density at radius 1 is 1.38 bits per heavy atom. The average Bonchev–Trinajstić information content (AvgIpc) is 2.27. The maximum absolute atomic E-state index is 9.78. The van der Waals surface area contributed by atoms with E-state index in [2.05, 4.69) is 42.7 Å². The molecule has 1 rings (SSSR count). The highest BCUT2D eigenvalue weighted by Gasteiger charge is 2.07. The van der Waals surface area contributed by atoms with Crippen molar-refractivity contribution in [2.75, 3.05) is 18.5 Å². The Hall–Kier alpha value is -1.28. The molecule has 16 heavy (non-hydrogen) atoms. The molecule has 0 fully saturated rings. The van der Waals surface area contributed by atoms with Crippen LogP contribution in [0.15, 0.2) is 36.9 Å². The summed E-state index contributed by atoms with van der Waals surface area (Å²) in [4.78, 5) is 2.08. The van der Waals surface area contributed by atoms with Gasteiger partial charge in [-0.05, 0) is 31.9 Å². The Kier molecular flexibility index (Phi) is 5.06. The van der Waals surface area contributed by atoms with E-state index in [-0.39, 0.29) is 6.10 Å². The van der Waals surface area contributed by atoms with Gasteiger partial charge in [-0.2, -0.15) is 0 Å². The third-order valence-electron chi connectivity index (χ3n) is 2.66. The second-order valence-electron chi connectivity index (χ2n) is 4.24. The van der Waals surface area contributed by atoms with Crippen LogP contribution in [-0.2, 0) is 0 Å². The molecule has 0 heterocycles. The molecule has 0 aliphatic carbocycles. The summed E-state index contributed by atoms with van der Waals surface area (Å²) < 4.78 is 0. The Morgan fingerprint density at radius 3 is 2.56 bits per heavy atom. The highest BCUT2D eigenvalue weighted by atomic mass is 16.3. The van der Waals surface area contributed by atoms with E-state index in [0.717, 1.165) is 18.5 Å². The predicted molar refractivity (Wildman–Crippen MR) is 69.9 cm³/mol. The van der Waals surface area contributed by atoms with Crippen LogP contribution in [0.2, 0.25) is 0 Å². The highest BCUT2D eigenvalue weighted by Crippen LogP contribution is 2.14. The van der Waals surface area contributed by atoms with Crippen molar-refractivity contribution >= 4 is 5.69 Å². The molecule has 1 aromatic carbocycles. The first-order chi connectivity index (χ1) is 7.63. The first-order valence-corrected chi connectivity index (χ1v) is 5.70. The van der Waals surface area contributed by atoms with Gasteiger partial charge in [0, 0.05) is 19.3 Å². The van der Waals surface area contributed by atoms with E-state index in [9.17, 15) is 5.11 Å². The minimum Gasteiger partial charge on any atom is -0.391 e. The lowest BCUT2D eigenvalue weighted by Gasteiger charge is -2.22.